The minimum Gasteiger partial charge on any atom is -0.476 e. The molecule has 0 bridgehead atoms. The van der Waals surface area contributed by atoms with Crippen LogP contribution in [0.3, 0.4) is 0 Å². The number of hydrogen-bond acceptors (Lipinski definition) is 9. The van der Waals surface area contributed by atoms with E-state index >= 15 is 0 Å². The number of aldehydes is 1. The second-order valence-electron chi connectivity index (χ2n) is 15.2. The number of anilines is 1. The molecule has 1 spiro atoms. The van der Waals surface area contributed by atoms with Crippen molar-refractivity contribution in [1.29, 1.82) is 0 Å². The van der Waals surface area contributed by atoms with Gasteiger partial charge in [0, 0.05) is 48.5 Å². The van der Waals surface area contributed by atoms with Crippen molar-refractivity contribution in [2.24, 2.45) is 11.3 Å². The van der Waals surface area contributed by atoms with Crippen molar-refractivity contribution in [1.82, 2.24) is 19.8 Å². The van der Waals surface area contributed by atoms with Crippen LogP contribution in [0.2, 0.25) is 0 Å². The molecule has 50 heavy (non-hydrogen) atoms. The van der Waals surface area contributed by atoms with Gasteiger partial charge in [-0.3, -0.25) is 9.69 Å². The largest absolute Gasteiger partial charge is 0.476 e. The number of aryl methyl sites for hydroxylation is 2. The molecule has 6 rings (SSSR count). The van der Waals surface area contributed by atoms with E-state index in [1.165, 1.54) is 57.0 Å². The normalized spacial score (nSPS) is 19.4. The third kappa shape index (κ3) is 8.39. The Labute approximate surface area is 298 Å². The van der Waals surface area contributed by atoms with Gasteiger partial charge in [0.05, 0.1) is 10.6 Å². The first-order valence-corrected chi connectivity index (χ1v) is 19.6. The predicted molar refractivity (Wildman–Crippen MR) is 196 cm³/mol. The van der Waals surface area contributed by atoms with E-state index in [9.17, 15) is 13.2 Å². The molecule has 1 saturated carbocycles. The average Bonchev–Trinajstić information content (AvgIpc) is 3.09. The zero-order valence-electron chi connectivity index (χ0n) is 30.2. The van der Waals surface area contributed by atoms with E-state index in [0.717, 1.165) is 49.2 Å². The maximum absolute atomic E-state index is 13.4. The molecule has 2 aromatic carbocycles. The van der Waals surface area contributed by atoms with Crippen LogP contribution in [0.4, 0.5) is 5.95 Å². The van der Waals surface area contributed by atoms with E-state index < -0.39 is 10.0 Å². The number of likely N-dealkylation sites (tertiary alicyclic amines) is 1. The van der Waals surface area contributed by atoms with Gasteiger partial charge >= 0.3 is 0 Å². The number of likely N-dealkylation sites (N-methyl/N-ethyl adjacent to an activating group) is 1. The molecule has 0 radical (unpaired) electrons. The highest BCUT2D eigenvalue weighted by molar-refractivity contribution is 7.92. The second-order valence-corrected chi connectivity index (χ2v) is 16.9. The summed E-state index contributed by atoms with van der Waals surface area (Å²) in [6, 6.07) is 15.0. The van der Waals surface area contributed by atoms with Gasteiger partial charge in [-0.15, -0.1) is 0 Å². The highest BCUT2D eigenvalue weighted by Crippen LogP contribution is 2.51. The van der Waals surface area contributed by atoms with Gasteiger partial charge in [0.25, 0.3) is 10.0 Å². The number of nitrogens with one attached hydrogen (secondary N) is 1. The summed E-state index contributed by atoms with van der Waals surface area (Å²) in [4.78, 5) is 25.7. The summed E-state index contributed by atoms with van der Waals surface area (Å²) in [6.45, 7) is 13.1. The molecule has 2 saturated heterocycles. The molecule has 11 heteroatoms. The van der Waals surface area contributed by atoms with Gasteiger partial charge in [-0.05, 0) is 114 Å². The highest BCUT2D eigenvalue weighted by atomic mass is 32.2. The number of nitrogens with zero attached hydrogens (tertiary/aromatic N) is 4. The molecular formula is C39H53N5O5S. The number of carbonyl (C=O) groups is 1. The number of benzene rings is 2. The number of aromatic nitrogens is 2. The molecular weight excluding hydrogens is 651 g/mol. The van der Waals surface area contributed by atoms with Crippen LogP contribution in [0.15, 0.2) is 53.4 Å². The Morgan fingerprint density at radius 2 is 1.72 bits per heavy atom. The third-order valence-corrected chi connectivity index (χ3v) is 12.5. The second kappa shape index (κ2) is 15.5. The lowest BCUT2D eigenvalue weighted by Gasteiger charge is -2.56. The number of carbonyl (C=O) groups excluding carboxylic acids is 1. The van der Waals surface area contributed by atoms with Crippen LogP contribution in [-0.4, -0.2) is 92.6 Å². The Bertz CT molecular complexity index is 1720. The maximum atomic E-state index is 13.4. The van der Waals surface area contributed by atoms with E-state index in [4.69, 9.17) is 9.47 Å². The molecule has 0 amide bonds. The molecule has 3 heterocycles. The van der Waals surface area contributed by atoms with E-state index in [1.54, 1.807) is 12.1 Å². The lowest BCUT2D eigenvalue weighted by atomic mass is 9.59. The Kier molecular flexibility index (Phi) is 11.3. The van der Waals surface area contributed by atoms with Crippen LogP contribution in [0.1, 0.15) is 80.3 Å². The number of sulfonamides is 1. The van der Waals surface area contributed by atoms with E-state index in [-0.39, 0.29) is 22.4 Å². The number of piperidine rings is 1. The van der Waals surface area contributed by atoms with Crippen LogP contribution in [-0.2, 0) is 14.8 Å². The van der Waals surface area contributed by atoms with Gasteiger partial charge in [0.1, 0.15) is 12.9 Å². The quantitative estimate of drug-likeness (QED) is 0.199. The van der Waals surface area contributed by atoms with E-state index in [2.05, 4.69) is 45.4 Å². The first-order valence-electron chi connectivity index (χ1n) is 18.2. The fraction of sp³-hybridized carbons (Fsp3) is 0.564. The summed E-state index contributed by atoms with van der Waals surface area (Å²) in [6.07, 6.45) is 8.92. The Morgan fingerprint density at radius 1 is 1.04 bits per heavy atom. The molecule has 3 aliphatic rings. The monoisotopic (exact) mass is 703 g/mol. The zero-order chi connectivity index (χ0) is 35.5. The summed E-state index contributed by atoms with van der Waals surface area (Å²) < 4.78 is 41.5. The lowest BCUT2D eigenvalue weighted by molar-refractivity contribution is -0.0685. The molecule has 1 N–H and O–H groups in total. The Morgan fingerprint density at radius 3 is 2.38 bits per heavy atom. The molecule has 1 aliphatic carbocycles. The first-order chi connectivity index (χ1) is 23.9. The fourth-order valence-corrected chi connectivity index (χ4v) is 9.25. The summed E-state index contributed by atoms with van der Waals surface area (Å²) in [5, 5.41) is 0. The minimum absolute atomic E-state index is 0.0446. The van der Waals surface area contributed by atoms with Crippen molar-refractivity contribution in [3.8, 4) is 17.1 Å². The topological polar surface area (TPSA) is 114 Å². The molecule has 2 aliphatic heterocycles. The fourth-order valence-electron chi connectivity index (χ4n) is 8.25. The Hall–Kier alpha value is -3.38. The summed E-state index contributed by atoms with van der Waals surface area (Å²) in [7, 11) is -1.84. The van der Waals surface area contributed by atoms with Crippen LogP contribution in [0.25, 0.3) is 11.3 Å². The molecule has 10 nitrogen and oxygen atoms in total. The summed E-state index contributed by atoms with van der Waals surface area (Å²) in [5.74, 6) is 0.700. The van der Waals surface area contributed by atoms with Gasteiger partial charge in [-0.25, -0.2) is 18.1 Å². The molecule has 270 valence electrons. The third-order valence-electron chi connectivity index (χ3n) is 11.2. The van der Waals surface area contributed by atoms with Crippen LogP contribution >= 0.6 is 0 Å². The standard InChI is InChI=1S/C39H53N5O5S/c1-27(2)20-32(43(5)33-23-39(24-33)14-16-44(17-15-39)31-12-18-48-19-13-31)26-49-36-22-35(37-28(3)8-6-9-29(37)4)40-38(41-36)42-50(46,47)34-11-7-10-30(21-34)25-45/h6-11,21-22,25,27,31-33H,12-20,23-24,26H2,1-5H3,(H,40,41,42)/t32-/m1/s1. The van der Waals surface area contributed by atoms with Crippen molar-refractivity contribution >= 4 is 22.3 Å². The van der Waals surface area contributed by atoms with Gasteiger partial charge in [0.15, 0.2) is 0 Å². The lowest BCUT2D eigenvalue weighted by Crippen LogP contribution is -2.58. The minimum atomic E-state index is -4.08. The van der Waals surface area contributed by atoms with Gasteiger partial charge < -0.3 is 14.4 Å². The first kappa shape index (κ1) is 36.4. The molecule has 3 fully saturated rings. The molecule has 1 atom stereocenters. The van der Waals surface area contributed by atoms with Crippen molar-refractivity contribution in [3.63, 3.8) is 0 Å². The summed E-state index contributed by atoms with van der Waals surface area (Å²) in [5.41, 5.74) is 4.22. The number of hydrogen-bond donors (Lipinski definition) is 1. The number of ether oxygens (including phenoxy) is 2. The van der Waals surface area contributed by atoms with E-state index in [0.29, 0.717) is 47.9 Å². The van der Waals surface area contributed by atoms with E-state index in [1.807, 2.05) is 32.0 Å². The van der Waals surface area contributed by atoms with Crippen LogP contribution in [0, 0.1) is 25.2 Å². The smallest absolute Gasteiger partial charge is 0.264 e. The summed E-state index contributed by atoms with van der Waals surface area (Å²) >= 11 is 0. The Balaban J connectivity index is 1.18. The molecule has 0 unspecified atom stereocenters. The van der Waals surface area contributed by atoms with Gasteiger partial charge in [0.2, 0.25) is 11.8 Å². The van der Waals surface area contributed by atoms with Gasteiger partial charge in [-0.2, -0.15) is 4.98 Å². The van der Waals surface area contributed by atoms with Crippen molar-refractivity contribution in [2.45, 2.75) is 95.7 Å². The zero-order valence-corrected chi connectivity index (χ0v) is 31.0. The van der Waals surface area contributed by atoms with Crippen LogP contribution < -0.4 is 9.46 Å². The van der Waals surface area contributed by atoms with Crippen molar-refractivity contribution in [2.75, 3.05) is 44.7 Å². The van der Waals surface area contributed by atoms with Crippen LogP contribution in [0.5, 0.6) is 5.88 Å². The predicted octanol–water partition coefficient (Wildman–Crippen LogP) is 6.52. The molecule has 1 aromatic heterocycles. The van der Waals surface area contributed by atoms with Crippen molar-refractivity contribution in [3.05, 3.63) is 65.2 Å². The van der Waals surface area contributed by atoms with Gasteiger partial charge in [-0.1, -0.05) is 44.2 Å². The molecule has 3 aromatic rings. The number of rotatable bonds is 13. The average molecular weight is 704 g/mol. The maximum Gasteiger partial charge on any atom is 0.264 e. The SMILES string of the molecule is Cc1cccc(C)c1-c1cc(OC[C@@H](CC(C)C)N(C)C2CC3(CCN(C4CCOCC4)CC3)C2)nc(NS(=O)(=O)c2cccc(C=O)c2)n1. The highest BCUT2D eigenvalue weighted by Gasteiger charge is 2.48. The van der Waals surface area contributed by atoms with Crippen molar-refractivity contribution < 1.29 is 22.7 Å².